The van der Waals surface area contributed by atoms with Crippen molar-refractivity contribution >= 4 is 17.4 Å². The standard InChI is InChI=1S/C14H18N2S/c1-3-13-10-16(6-7-17-13)14-8-11(2)4-5-12(14)9-15/h4-5,8,13H,3,6-7,10H2,1-2H3. The van der Waals surface area contributed by atoms with Crippen molar-refractivity contribution in [3.8, 4) is 6.07 Å². The lowest BCUT2D eigenvalue weighted by molar-refractivity contribution is 0.727. The van der Waals surface area contributed by atoms with Crippen LogP contribution < -0.4 is 4.90 Å². The van der Waals surface area contributed by atoms with Gasteiger partial charge in [-0.05, 0) is 31.0 Å². The van der Waals surface area contributed by atoms with Crippen LogP contribution in [0.15, 0.2) is 18.2 Å². The summed E-state index contributed by atoms with van der Waals surface area (Å²) in [5.41, 5.74) is 3.15. The van der Waals surface area contributed by atoms with E-state index in [4.69, 9.17) is 0 Å². The Morgan fingerprint density at radius 2 is 2.35 bits per heavy atom. The molecular weight excluding hydrogens is 228 g/mol. The molecule has 0 N–H and O–H groups in total. The van der Waals surface area contributed by atoms with Gasteiger partial charge in [0.1, 0.15) is 6.07 Å². The van der Waals surface area contributed by atoms with Crippen LogP contribution in [0.4, 0.5) is 5.69 Å². The van der Waals surface area contributed by atoms with Crippen LogP contribution in [0.3, 0.4) is 0 Å². The van der Waals surface area contributed by atoms with Gasteiger partial charge in [0.15, 0.2) is 0 Å². The highest BCUT2D eigenvalue weighted by Crippen LogP contribution is 2.28. The summed E-state index contributed by atoms with van der Waals surface area (Å²) in [7, 11) is 0. The van der Waals surface area contributed by atoms with E-state index in [0.717, 1.165) is 30.1 Å². The van der Waals surface area contributed by atoms with Crippen LogP contribution >= 0.6 is 11.8 Å². The molecule has 1 aromatic rings. The maximum Gasteiger partial charge on any atom is 0.101 e. The van der Waals surface area contributed by atoms with Crippen molar-refractivity contribution in [1.82, 2.24) is 0 Å². The molecule has 90 valence electrons. The monoisotopic (exact) mass is 246 g/mol. The van der Waals surface area contributed by atoms with E-state index in [1.807, 2.05) is 12.1 Å². The van der Waals surface area contributed by atoms with E-state index in [-0.39, 0.29) is 0 Å². The van der Waals surface area contributed by atoms with E-state index in [9.17, 15) is 5.26 Å². The molecule has 0 saturated carbocycles. The second-order valence-corrected chi connectivity index (χ2v) is 5.89. The van der Waals surface area contributed by atoms with E-state index >= 15 is 0 Å². The van der Waals surface area contributed by atoms with Crippen molar-refractivity contribution in [1.29, 1.82) is 5.26 Å². The van der Waals surface area contributed by atoms with Crippen molar-refractivity contribution < 1.29 is 0 Å². The first-order chi connectivity index (χ1) is 8.24. The summed E-state index contributed by atoms with van der Waals surface area (Å²) >= 11 is 2.05. The molecule has 0 aromatic heterocycles. The zero-order valence-corrected chi connectivity index (χ0v) is 11.3. The minimum Gasteiger partial charge on any atom is -0.369 e. The number of benzene rings is 1. The summed E-state index contributed by atoms with van der Waals surface area (Å²) in [5.74, 6) is 1.16. The number of anilines is 1. The smallest absolute Gasteiger partial charge is 0.101 e. The summed E-state index contributed by atoms with van der Waals surface area (Å²) in [5, 5.41) is 9.89. The number of hydrogen-bond acceptors (Lipinski definition) is 3. The van der Waals surface area contributed by atoms with Crippen molar-refractivity contribution in [3.63, 3.8) is 0 Å². The first-order valence-corrected chi connectivity index (χ1v) is 7.16. The molecule has 3 heteroatoms. The Balaban J connectivity index is 2.27. The molecule has 0 spiro atoms. The Hall–Kier alpha value is -1.14. The molecular formula is C14H18N2S. The second kappa shape index (κ2) is 5.46. The molecule has 1 saturated heterocycles. The fraction of sp³-hybridized carbons (Fsp3) is 0.500. The normalized spacial score (nSPS) is 20.1. The summed E-state index contributed by atoms with van der Waals surface area (Å²) in [6, 6.07) is 8.39. The Bertz CT molecular complexity index is 436. The Kier molecular flexibility index (Phi) is 3.96. The molecule has 1 unspecified atom stereocenters. The average Bonchev–Trinajstić information content (AvgIpc) is 2.39. The van der Waals surface area contributed by atoms with E-state index in [1.54, 1.807) is 0 Å². The highest BCUT2D eigenvalue weighted by Gasteiger charge is 2.21. The third kappa shape index (κ3) is 2.76. The van der Waals surface area contributed by atoms with Gasteiger partial charge in [0.2, 0.25) is 0 Å². The molecule has 1 aliphatic heterocycles. The van der Waals surface area contributed by atoms with Gasteiger partial charge in [0, 0.05) is 24.1 Å². The molecule has 1 aliphatic rings. The molecule has 17 heavy (non-hydrogen) atoms. The molecule has 0 radical (unpaired) electrons. The van der Waals surface area contributed by atoms with Crippen LogP contribution in [-0.2, 0) is 0 Å². The molecule has 0 aliphatic carbocycles. The maximum absolute atomic E-state index is 9.18. The van der Waals surface area contributed by atoms with E-state index in [2.05, 4.69) is 42.6 Å². The lowest BCUT2D eigenvalue weighted by atomic mass is 10.1. The van der Waals surface area contributed by atoms with Gasteiger partial charge in [-0.3, -0.25) is 0 Å². The van der Waals surface area contributed by atoms with Crippen molar-refractivity contribution in [2.75, 3.05) is 23.7 Å². The summed E-state index contributed by atoms with van der Waals surface area (Å²) in [6.07, 6.45) is 1.20. The average molecular weight is 246 g/mol. The van der Waals surface area contributed by atoms with E-state index in [0.29, 0.717) is 5.25 Å². The summed E-state index contributed by atoms with van der Waals surface area (Å²) < 4.78 is 0. The van der Waals surface area contributed by atoms with Crippen LogP contribution in [0.25, 0.3) is 0 Å². The fourth-order valence-electron chi connectivity index (χ4n) is 2.18. The third-order valence-corrected chi connectivity index (χ3v) is 4.58. The number of nitrogens with zero attached hydrogens (tertiary/aromatic N) is 2. The quantitative estimate of drug-likeness (QED) is 0.802. The Morgan fingerprint density at radius 1 is 1.53 bits per heavy atom. The highest BCUT2D eigenvalue weighted by molar-refractivity contribution is 8.00. The van der Waals surface area contributed by atoms with Crippen LogP contribution in [0.5, 0.6) is 0 Å². The SMILES string of the molecule is CCC1CN(c2cc(C)ccc2C#N)CCS1. The largest absolute Gasteiger partial charge is 0.369 e. The maximum atomic E-state index is 9.18. The van der Waals surface area contributed by atoms with Gasteiger partial charge in [0.25, 0.3) is 0 Å². The Morgan fingerprint density at radius 3 is 3.06 bits per heavy atom. The molecule has 1 atom stereocenters. The fourth-order valence-corrected chi connectivity index (χ4v) is 3.36. The minimum absolute atomic E-state index is 0.704. The lowest BCUT2D eigenvalue weighted by Gasteiger charge is -2.34. The topological polar surface area (TPSA) is 27.0 Å². The zero-order chi connectivity index (χ0) is 12.3. The van der Waals surface area contributed by atoms with Crippen LogP contribution in [0.1, 0.15) is 24.5 Å². The van der Waals surface area contributed by atoms with Gasteiger partial charge >= 0.3 is 0 Å². The zero-order valence-electron chi connectivity index (χ0n) is 10.4. The van der Waals surface area contributed by atoms with Gasteiger partial charge < -0.3 is 4.90 Å². The van der Waals surface area contributed by atoms with Gasteiger partial charge in [-0.15, -0.1) is 0 Å². The van der Waals surface area contributed by atoms with Gasteiger partial charge in [0.05, 0.1) is 11.3 Å². The Labute approximate surface area is 108 Å². The lowest BCUT2D eigenvalue weighted by Crippen LogP contribution is -2.38. The molecule has 1 heterocycles. The highest BCUT2D eigenvalue weighted by atomic mass is 32.2. The predicted octanol–water partition coefficient (Wildman–Crippen LogP) is 3.20. The molecule has 2 rings (SSSR count). The number of rotatable bonds is 2. The molecule has 0 bridgehead atoms. The molecule has 1 aromatic carbocycles. The number of thioether (sulfide) groups is 1. The van der Waals surface area contributed by atoms with Crippen LogP contribution in [0.2, 0.25) is 0 Å². The summed E-state index contributed by atoms with van der Waals surface area (Å²) in [6.45, 7) is 6.45. The van der Waals surface area contributed by atoms with Crippen molar-refractivity contribution in [2.24, 2.45) is 0 Å². The number of aryl methyl sites for hydroxylation is 1. The first kappa shape index (κ1) is 12.3. The van der Waals surface area contributed by atoms with Crippen LogP contribution in [-0.4, -0.2) is 24.1 Å². The molecule has 0 amide bonds. The van der Waals surface area contributed by atoms with Crippen LogP contribution in [0, 0.1) is 18.3 Å². The van der Waals surface area contributed by atoms with E-state index in [1.165, 1.54) is 12.0 Å². The number of hydrogen-bond donors (Lipinski definition) is 0. The van der Waals surface area contributed by atoms with E-state index < -0.39 is 0 Å². The summed E-state index contributed by atoms with van der Waals surface area (Å²) in [4.78, 5) is 2.37. The first-order valence-electron chi connectivity index (χ1n) is 6.12. The molecule has 2 nitrogen and oxygen atoms in total. The van der Waals surface area contributed by atoms with Gasteiger partial charge in [-0.25, -0.2) is 0 Å². The van der Waals surface area contributed by atoms with Gasteiger partial charge in [-0.1, -0.05) is 13.0 Å². The second-order valence-electron chi connectivity index (χ2n) is 4.48. The third-order valence-electron chi connectivity index (χ3n) is 3.21. The molecule has 1 fully saturated rings. The minimum atomic E-state index is 0.704. The van der Waals surface area contributed by atoms with Gasteiger partial charge in [-0.2, -0.15) is 17.0 Å². The predicted molar refractivity (Wildman–Crippen MR) is 74.6 cm³/mol. The number of nitriles is 1. The van der Waals surface area contributed by atoms with Crippen molar-refractivity contribution in [3.05, 3.63) is 29.3 Å². The van der Waals surface area contributed by atoms with Crippen molar-refractivity contribution in [2.45, 2.75) is 25.5 Å².